The van der Waals surface area contributed by atoms with Crippen LogP contribution in [0.25, 0.3) is 0 Å². The maximum absolute atomic E-state index is 12.6. The highest BCUT2D eigenvalue weighted by Gasteiger charge is 2.25. The molecule has 0 saturated carbocycles. The number of amides is 2. The van der Waals surface area contributed by atoms with Crippen molar-refractivity contribution in [2.75, 3.05) is 19.5 Å². The standard InChI is InChI=1S/C19H22N2O3S/c1-20-18(23)16-14-6-4-3-5-7-15(14)25-19(16)21-17(22)12-8-10-13(24-2)11-9-12/h8-11H,3-7H2,1-2H3,(H,20,23)(H,21,22). The van der Waals surface area contributed by atoms with Crippen LogP contribution in [0.15, 0.2) is 24.3 Å². The van der Waals surface area contributed by atoms with Crippen LogP contribution >= 0.6 is 11.3 Å². The van der Waals surface area contributed by atoms with Crippen molar-refractivity contribution in [3.8, 4) is 5.75 Å². The SMILES string of the molecule is CNC(=O)c1c(NC(=O)c2ccc(OC)cc2)sc2c1CCCCC2. The minimum atomic E-state index is -0.218. The molecular formula is C19H22N2O3S. The molecule has 1 aliphatic rings. The summed E-state index contributed by atoms with van der Waals surface area (Å²) < 4.78 is 5.12. The molecule has 0 saturated heterocycles. The fourth-order valence-electron chi connectivity index (χ4n) is 3.11. The van der Waals surface area contributed by atoms with E-state index >= 15 is 0 Å². The molecule has 2 N–H and O–H groups in total. The van der Waals surface area contributed by atoms with Crippen molar-refractivity contribution >= 4 is 28.2 Å². The summed E-state index contributed by atoms with van der Waals surface area (Å²) in [6, 6.07) is 6.93. The van der Waals surface area contributed by atoms with Gasteiger partial charge in [-0.3, -0.25) is 9.59 Å². The van der Waals surface area contributed by atoms with Crippen LogP contribution in [-0.4, -0.2) is 26.0 Å². The lowest BCUT2D eigenvalue weighted by atomic mass is 10.0. The van der Waals surface area contributed by atoms with Crippen molar-refractivity contribution in [2.45, 2.75) is 32.1 Å². The Morgan fingerprint density at radius 1 is 1.04 bits per heavy atom. The molecule has 2 amide bonds. The van der Waals surface area contributed by atoms with Crippen LogP contribution in [0.4, 0.5) is 5.00 Å². The van der Waals surface area contributed by atoms with Crippen molar-refractivity contribution < 1.29 is 14.3 Å². The highest BCUT2D eigenvalue weighted by Crippen LogP contribution is 2.37. The Morgan fingerprint density at radius 2 is 1.76 bits per heavy atom. The maximum Gasteiger partial charge on any atom is 0.256 e. The summed E-state index contributed by atoms with van der Waals surface area (Å²) in [6.45, 7) is 0. The molecule has 0 atom stereocenters. The van der Waals surface area contributed by atoms with E-state index in [9.17, 15) is 9.59 Å². The zero-order chi connectivity index (χ0) is 17.8. The average Bonchev–Trinajstić information content (AvgIpc) is 2.81. The summed E-state index contributed by atoms with van der Waals surface area (Å²) >= 11 is 1.53. The number of benzene rings is 1. The van der Waals surface area contributed by atoms with Gasteiger partial charge in [-0.1, -0.05) is 6.42 Å². The lowest BCUT2D eigenvalue weighted by Gasteiger charge is -2.08. The van der Waals surface area contributed by atoms with E-state index in [-0.39, 0.29) is 11.8 Å². The molecule has 0 radical (unpaired) electrons. The Kier molecular flexibility index (Phi) is 5.38. The van der Waals surface area contributed by atoms with Gasteiger partial charge in [0.05, 0.1) is 12.7 Å². The van der Waals surface area contributed by atoms with E-state index in [1.807, 2.05) is 0 Å². The van der Waals surface area contributed by atoms with Gasteiger partial charge in [0.2, 0.25) is 0 Å². The molecule has 0 fully saturated rings. The van der Waals surface area contributed by atoms with Crippen LogP contribution in [0.2, 0.25) is 0 Å². The molecule has 2 aromatic rings. The molecule has 0 spiro atoms. The molecule has 5 nitrogen and oxygen atoms in total. The number of hydrogen-bond donors (Lipinski definition) is 2. The summed E-state index contributed by atoms with van der Waals surface area (Å²) in [7, 11) is 3.21. The van der Waals surface area contributed by atoms with Gasteiger partial charge < -0.3 is 15.4 Å². The largest absolute Gasteiger partial charge is 0.497 e. The smallest absolute Gasteiger partial charge is 0.256 e. The fraction of sp³-hybridized carbons (Fsp3) is 0.368. The van der Waals surface area contributed by atoms with E-state index in [4.69, 9.17) is 4.74 Å². The first-order chi connectivity index (χ1) is 12.1. The predicted molar refractivity (Wildman–Crippen MR) is 99.9 cm³/mol. The minimum Gasteiger partial charge on any atom is -0.497 e. The molecule has 0 bridgehead atoms. The topological polar surface area (TPSA) is 67.4 Å². The molecular weight excluding hydrogens is 336 g/mol. The molecule has 0 unspecified atom stereocenters. The van der Waals surface area contributed by atoms with E-state index < -0.39 is 0 Å². The van der Waals surface area contributed by atoms with Gasteiger partial charge in [-0.05, 0) is 55.5 Å². The number of rotatable bonds is 4. The summed E-state index contributed by atoms with van der Waals surface area (Å²) in [5.41, 5.74) is 2.27. The Morgan fingerprint density at radius 3 is 2.44 bits per heavy atom. The first-order valence-corrected chi connectivity index (χ1v) is 9.27. The van der Waals surface area contributed by atoms with Crippen molar-refractivity contribution in [1.82, 2.24) is 5.32 Å². The summed E-state index contributed by atoms with van der Waals surface area (Å²) in [5, 5.41) is 6.29. The third-order valence-electron chi connectivity index (χ3n) is 4.45. The number of carbonyl (C=O) groups excluding carboxylic acids is 2. The first-order valence-electron chi connectivity index (χ1n) is 8.46. The number of nitrogens with one attached hydrogen (secondary N) is 2. The quantitative estimate of drug-likeness (QED) is 0.820. The number of anilines is 1. The number of carbonyl (C=O) groups is 2. The lowest BCUT2D eigenvalue weighted by Crippen LogP contribution is -2.21. The monoisotopic (exact) mass is 358 g/mol. The number of thiophene rings is 1. The Balaban J connectivity index is 1.90. The average molecular weight is 358 g/mol. The van der Waals surface area contributed by atoms with E-state index in [2.05, 4.69) is 10.6 Å². The molecule has 3 rings (SSSR count). The van der Waals surface area contributed by atoms with Gasteiger partial charge >= 0.3 is 0 Å². The third kappa shape index (κ3) is 3.69. The summed E-state index contributed by atoms with van der Waals surface area (Å²) in [4.78, 5) is 26.2. The lowest BCUT2D eigenvalue weighted by molar-refractivity contribution is 0.0963. The zero-order valence-corrected chi connectivity index (χ0v) is 15.3. The van der Waals surface area contributed by atoms with Gasteiger partial charge in [-0.15, -0.1) is 11.3 Å². The van der Waals surface area contributed by atoms with Crippen LogP contribution in [0.1, 0.15) is 50.4 Å². The third-order valence-corrected chi connectivity index (χ3v) is 5.66. The maximum atomic E-state index is 12.6. The van der Waals surface area contributed by atoms with E-state index in [0.29, 0.717) is 21.9 Å². The molecule has 1 aromatic heterocycles. The second kappa shape index (κ2) is 7.70. The Bertz CT molecular complexity index is 781. The molecule has 132 valence electrons. The van der Waals surface area contributed by atoms with Crippen LogP contribution in [0.5, 0.6) is 5.75 Å². The van der Waals surface area contributed by atoms with Crippen LogP contribution in [-0.2, 0) is 12.8 Å². The second-order valence-electron chi connectivity index (χ2n) is 6.03. The number of aryl methyl sites for hydroxylation is 1. The minimum absolute atomic E-state index is 0.135. The van der Waals surface area contributed by atoms with Gasteiger partial charge in [0.1, 0.15) is 10.8 Å². The van der Waals surface area contributed by atoms with Crippen molar-refractivity contribution in [2.24, 2.45) is 0 Å². The van der Waals surface area contributed by atoms with E-state index in [1.165, 1.54) is 22.6 Å². The van der Waals surface area contributed by atoms with Crippen molar-refractivity contribution in [3.05, 3.63) is 45.8 Å². The van der Waals surface area contributed by atoms with Crippen LogP contribution < -0.4 is 15.4 Å². The fourth-order valence-corrected chi connectivity index (χ4v) is 4.40. The highest BCUT2D eigenvalue weighted by molar-refractivity contribution is 7.17. The number of methoxy groups -OCH3 is 1. The summed E-state index contributed by atoms with van der Waals surface area (Å²) in [5.74, 6) is 0.346. The molecule has 6 heteroatoms. The second-order valence-corrected chi connectivity index (χ2v) is 7.14. The number of hydrogen-bond acceptors (Lipinski definition) is 4. The Labute approximate surface area is 151 Å². The van der Waals surface area contributed by atoms with Gasteiger partial charge in [-0.2, -0.15) is 0 Å². The number of fused-ring (bicyclic) bond motifs is 1. The molecule has 0 aliphatic heterocycles. The number of ether oxygens (including phenoxy) is 1. The normalized spacial score (nSPS) is 13.5. The van der Waals surface area contributed by atoms with Gasteiger partial charge in [0.15, 0.2) is 0 Å². The predicted octanol–water partition coefficient (Wildman–Crippen LogP) is 3.64. The van der Waals surface area contributed by atoms with Crippen molar-refractivity contribution in [3.63, 3.8) is 0 Å². The summed E-state index contributed by atoms with van der Waals surface area (Å²) in [6.07, 6.45) is 5.27. The van der Waals surface area contributed by atoms with E-state index in [0.717, 1.165) is 31.2 Å². The molecule has 1 aromatic carbocycles. The molecule has 25 heavy (non-hydrogen) atoms. The zero-order valence-electron chi connectivity index (χ0n) is 14.5. The van der Waals surface area contributed by atoms with Crippen LogP contribution in [0, 0.1) is 0 Å². The molecule has 1 aliphatic carbocycles. The Hall–Kier alpha value is -2.34. The van der Waals surface area contributed by atoms with Gasteiger partial charge in [-0.25, -0.2) is 0 Å². The first kappa shape index (κ1) is 17.5. The van der Waals surface area contributed by atoms with Gasteiger partial charge in [0, 0.05) is 17.5 Å². The highest BCUT2D eigenvalue weighted by atomic mass is 32.1. The molecule has 1 heterocycles. The van der Waals surface area contributed by atoms with Crippen LogP contribution in [0.3, 0.4) is 0 Å². The van der Waals surface area contributed by atoms with Crippen molar-refractivity contribution in [1.29, 1.82) is 0 Å². The van der Waals surface area contributed by atoms with Gasteiger partial charge in [0.25, 0.3) is 11.8 Å². The van der Waals surface area contributed by atoms with E-state index in [1.54, 1.807) is 38.4 Å².